The van der Waals surface area contributed by atoms with Gasteiger partial charge in [-0.3, -0.25) is 4.79 Å². The van der Waals surface area contributed by atoms with Gasteiger partial charge in [0.15, 0.2) is 0 Å². The smallest absolute Gasteiger partial charge is 0.319 e. The molecule has 0 spiro atoms. The van der Waals surface area contributed by atoms with Crippen molar-refractivity contribution < 1.29 is 9.59 Å². The lowest BCUT2D eigenvalue weighted by Gasteiger charge is -2.08. The van der Waals surface area contributed by atoms with Gasteiger partial charge in [-0.2, -0.15) is 5.10 Å². The lowest BCUT2D eigenvalue weighted by molar-refractivity contribution is 0.0954. The van der Waals surface area contributed by atoms with E-state index in [1.807, 2.05) is 47.3 Å². The molecule has 148 valence electrons. The molecule has 4 rings (SSSR count). The van der Waals surface area contributed by atoms with Crippen molar-refractivity contribution in [1.82, 2.24) is 20.4 Å². The standard InChI is InChI=1S/C22H23N5O2/c28-21(16-6-8-17(9-7-16)24-22(29)25-18-10-11-18)23-14-12-19-13-15-27(26-19)20-4-2-1-3-5-20/h1-9,13,15,18H,10-12,14H2,(H,23,28)(H2,24,25,29). The van der Waals surface area contributed by atoms with Crippen LogP contribution in [0.2, 0.25) is 0 Å². The maximum absolute atomic E-state index is 12.3. The Morgan fingerprint density at radius 3 is 2.48 bits per heavy atom. The normalized spacial score (nSPS) is 13.0. The molecular weight excluding hydrogens is 366 g/mol. The third-order valence-electron chi connectivity index (χ3n) is 4.65. The minimum absolute atomic E-state index is 0.151. The molecule has 0 atom stereocenters. The molecule has 2 aromatic carbocycles. The Labute approximate surface area is 169 Å². The number of urea groups is 1. The number of nitrogens with zero attached hydrogens (tertiary/aromatic N) is 2. The van der Waals surface area contributed by atoms with Crippen molar-refractivity contribution in [3.63, 3.8) is 0 Å². The highest BCUT2D eigenvalue weighted by Crippen LogP contribution is 2.19. The Morgan fingerprint density at radius 1 is 1.00 bits per heavy atom. The molecule has 1 heterocycles. The summed E-state index contributed by atoms with van der Waals surface area (Å²) in [6.07, 6.45) is 4.64. The number of nitrogens with one attached hydrogen (secondary N) is 3. The summed E-state index contributed by atoms with van der Waals surface area (Å²) >= 11 is 0. The third kappa shape index (κ3) is 5.22. The van der Waals surface area contributed by atoms with Crippen LogP contribution in [0.3, 0.4) is 0 Å². The van der Waals surface area contributed by atoms with E-state index in [0.717, 1.165) is 24.2 Å². The molecule has 1 aromatic heterocycles. The summed E-state index contributed by atoms with van der Waals surface area (Å²) in [5, 5.41) is 13.1. The van der Waals surface area contributed by atoms with Crippen molar-refractivity contribution in [3.05, 3.63) is 78.1 Å². The van der Waals surface area contributed by atoms with Crippen molar-refractivity contribution in [2.24, 2.45) is 0 Å². The average molecular weight is 389 g/mol. The highest BCUT2D eigenvalue weighted by atomic mass is 16.2. The van der Waals surface area contributed by atoms with Crippen molar-refractivity contribution in [1.29, 1.82) is 0 Å². The molecule has 3 N–H and O–H groups in total. The van der Waals surface area contributed by atoms with E-state index in [0.29, 0.717) is 30.3 Å². The van der Waals surface area contributed by atoms with Crippen LogP contribution < -0.4 is 16.0 Å². The third-order valence-corrected chi connectivity index (χ3v) is 4.65. The first kappa shape index (κ1) is 18.7. The number of carbonyl (C=O) groups is 2. The van der Waals surface area contributed by atoms with Gasteiger partial charge in [-0.1, -0.05) is 18.2 Å². The highest BCUT2D eigenvalue weighted by molar-refractivity contribution is 5.95. The first-order valence-electron chi connectivity index (χ1n) is 9.73. The molecule has 0 radical (unpaired) electrons. The van der Waals surface area contributed by atoms with Gasteiger partial charge in [-0.15, -0.1) is 0 Å². The van der Waals surface area contributed by atoms with Gasteiger partial charge in [0, 0.05) is 36.5 Å². The molecule has 1 fully saturated rings. The number of amides is 3. The summed E-state index contributed by atoms with van der Waals surface area (Å²) in [5.41, 5.74) is 3.12. The summed E-state index contributed by atoms with van der Waals surface area (Å²) in [7, 11) is 0. The average Bonchev–Trinajstić information content (AvgIpc) is 3.42. The quantitative estimate of drug-likeness (QED) is 0.580. The maximum atomic E-state index is 12.3. The van der Waals surface area contributed by atoms with E-state index < -0.39 is 0 Å². The van der Waals surface area contributed by atoms with Crippen molar-refractivity contribution >= 4 is 17.6 Å². The van der Waals surface area contributed by atoms with E-state index in [1.54, 1.807) is 24.3 Å². The Hall–Kier alpha value is -3.61. The maximum Gasteiger partial charge on any atom is 0.319 e. The second-order valence-corrected chi connectivity index (χ2v) is 7.04. The Kier molecular flexibility index (Phi) is 5.56. The van der Waals surface area contributed by atoms with Crippen molar-refractivity contribution in [2.45, 2.75) is 25.3 Å². The number of aromatic nitrogens is 2. The monoisotopic (exact) mass is 389 g/mol. The number of rotatable bonds is 7. The SMILES string of the molecule is O=C(Nc1ccc(C(=O)NCCc2ccn(-c3ccccc3)n2)cc1)NC1CC1. The molecule has 3 aromatic rings. The van der Waals surface area contributed by atoms with Gasteiger partial charge in [0.1, 0.15) is 0 Å². The Balaban J connectivity index is 1.24. The molecule has 0 bridgehead atoms. The van der Waals surface area contributed by atoms with E-state index in [1.165, 1.54) is 0 Å². The van der Waals surface area contributed by atoms with Crippen molar-refractivity contribution in [2.75, 3.05) is 11.9 Å². The molecule has 7 nitrogen and oxygen atoms in total. The van der Waals surface area contributed by atoms with E-state index in [4.69, 9.17) is 0 Å². The van der Waals surface area contributed by atoms with E-state index in [-0.39, 0.29) is 11.9 Å². The van der Waals surface area contributed by atoms with Crippen LogP contribution in [-0.4, -0.2) is 34.3 Å². The lowest BCUT2D eigenvalue weighted by Crippen LogP contribution is -2.30. The molecule has 3 amide bonds. The zero-order valence-electron chi connectivity index (χ0n) is 16.0. The van der Waals surface area contributed by atoms with Crippen LogP contribution in [0.4, 0.5) is 10.5 Å². The van der Waals surface area contributed by atoms with E-state index >= 15 is 0 Å². The lowest BCUT2D eigenvalue weighted by atomic mass is 10.2. The topological polar surface area (TPSA) is 88.1 Å². The number of hydrogen-bond donors (Lipinski definition) is 3. The molecular formula is C22H23N5O2. The second-order valence-electron chi connectivity index (χ2n) is 7.04. The summed E-state index contributed by atoms with van der Waals surface area (Å²) < 4.78 is 1.82. The van der Waals surface area contributed by atoms with Crippen molar-refractivity contribution in [3.8, 4) is 5.69 Å². The zero-order valence-corrected chi connectivity index (χ0v) is 16.0. The minimum Gasteiger partial charge on any atom is -0.352 e. The molecule has 0 unspecified atom stereocenters. The van der Waals surface area contributed by atoms with E-state index in [2.05, 4.69) is 21.0 Å². The predicted octanol–water partition coefficient (Wildman–Crippen LogP) is 3.13. The second kappa shape index (κ2) is 8.60. The van der Waals surface area contributed by atoms with Crippen LogP contribution in [0.5, 0.6) is 0 Å². The van der Waals surface area contributed by atoms with Crippen LogP contribution in [-0.2, 0) is 6.42 Å². The van der Waals surface area contributed by atoms with Crippen LogP contribution in [0.25, 0.3) is 5.69 Å². The van der Waals surface area contributed by atoms with Crippen LogP contribution in [0, 0.1) is 0 Å². The van der Waals surface area contributed by atoms with Gasteiger partial charge in [-0.05, 0) is 55.3 Å². The molecule has 0 saturated heterocycles. The molecule has 1 aliphatic carbocycles. The summed E-state index contributed by atoms with van der Waals surface area (Å²) in [5.74, 6) is -0.151. The molecule has 1 aliphatic rings. The van der Waals surface area contributed by atoms with Crippen LogP contribution in [0.1, 0.15) is 28.9 Å². The number of para-hydroxylation sites is 1. The fraction of sp³-hybridized carbons (Fsp3) is 0.227. The number of hydrogen-bond acceptors (Lipinski definition) is 3. The fourth-order valence-corrected chi connectivity index (χ4v) is 2.91. The van der Waals surface area contributed by atoms with Gasteiger partial charge >= 0.3 is 6.03 Å². The van der Waals surface area contributed by atoms with Gasteiger partial charge in [0.2, 0.25) is 0 Å². The van der Waals surface area contributed by atoms with Crippen LogP contribution in [0.15, 0.2) is 66.9 Å². The Bertz CT molecular complexity index is 978. The first-order valence-corrected chi connectivity index (χ1v) is 9.73. The van der Waals surface area contributed by atoms with Gasteiger partial charge < -0.3 is 16.0 Å². The van der Waals surface area contributed by atoms with Gasteiger partial charge in [-0.25, -0.2) is 9.48 Å². The molecule has 29 heavy (non-hydrogen) atoms. The Morgan fingerprint density at radius 2 is 1.76 bits per heavy atom. The molecule has 0 aliphatic heterocycles. The zero-order chi connectivity index (χ0) is 20.1. The predicted molar refractivity (Wildman–Crippen MR) is 111 cm³/mol. The number of benzene rings is 2. The highest BCUT2D eigenvalue weighted by Gasteiger charge is 2.23. The largest absolute Gasteiger partial charge is 0.352 e. The number of carbonyl (C=O) groups excluding carboxylic acids is 2. The van der Waals surface area contributed by atoms with E-state index in [9.17, 15) is 9.59 Å². The molecule has 7 heteroatoms. The summed E-state index contributed by atoms with van der Waals surface area (Å²) in [6.45, 7) is 0.494. The first-order chi connectivity index (χ1) is 14.2. The fourth-order valence-electron chi connectivity index (χ4n) is 2.91. The summed E-state index contributed by atoms with van der Waals surface area (Å²) in [6, 6.07) is 18.8. The van der Waals surface area contributed by atoms with Gasteiger partial charge in [0.25, 0.3) is 5.91 Å². The summed E-state index contributed by atoms with van der Waals surface area (Å²) in [4.78, 5) is 24.1. The minimum atomic E-state index is -0.209. The molecule has 1 saturated carbocycles. The van der Waals surface area contributed by atoms with Gasteiger partial charge in [0.05, 0.1) is 11.4 Å². The number of anilines is 1. The van der Waals surface area contributed by atoms with Crippen LogP contribution >= 0.6 is 0 Å².